The molecule has 4 rings (SSSR count). The first kappa shape index (κ1) is 18.8. The number of hydrogen-bond donors (Lipinski definition) is 0. The number of amides is 1. The van der Waals surface area contributed by atoms with E-state index >= 15 is 0 Å². The van der Waals surface area contributed by atoms with Gasteiger partial charge >= 0.3 is 0 Å². The fourth-order valence-corrected chi connectivity index (χ4v) is 5.37. The van der Waals surface area contributed by atoms with Gasteiger partial charge in [0.1, 0.15) is 17.2 Å². The second-order valence-corrected chi connectivity index (χ2v) is 9.48. The van der Waals surface area contributed by atoms with Crippen molar-refractivity contribution in [1.29, 1.82) is 0 Å². The molecule has 1 fully saturated rings. The zero-order valence-corrected chi connectivity index (χ0v) is 17.2. The number of thioether (sulfide) groups is 1. The summed E-state index contributed by atoms with van der Waals surface area (Å²) in [5, 5.41) is 16.5. The first-order valence-corrected chi connectivity index (χ1v) is 11.3. The molecule has 8 nitrogen and oxygen atoms in total. The van der Waals surface area contributed by atoms with Crippen molar-refractivity contribution in [2.24, 2.45) is 0 Å². The van der Waals surface area contributed by atoms with Crippen LogP contribution in [0.5, 0.6) is 0 Å². The number of carbonyl (C=O) groups is 1. The van der Waals surface area contributed by atoms with Gasteiger partial charge in [0, 0.05) is 39.1 Å². The summed E-state index contributed by atoms with van der Waals surface area (Å²) in [6.45, 7) is 7.10. The predicted octanol–water partition coefficient (Wildman–Crippen LogP) is 1.68. The maximum Gasteiger partial charge on any atom is 0.235 e. The van der Waals surface area contributed by atoms with Gasteiger partial charge in [0.25, 0.3) is 0 Å². The minimum atomic E-state index is -0.128. The molecular weight excluding hydrogens is 382 g/mol. The molecule has 2 aliphatic heterocycles. The normalized spacial score (nSPS) is 19.5. The third-order valence-corrected chi connectivity index (χ3v) is 7.10. The van der Waals surface area contributed by atoms with E-state index in [0.29, 0.717) is 0 Å². The largest absolute Gasteiger partial charge is 0.339 e. The highest BCUT2D eigenvalue weighted by Gasteiger charge is 2.27. The van der Waals surface area contributed by atoms with Crippen molar-refractivity contribution in [2.45, 2.75) is 55.3 Å². The Bertz CT molecular complexity index is 755. The maximum atomic E-state index is 12.7. The van der Waals surface area contributed by atoms with E-state index in [9.17, 15) is 4.79 Å². The lowest BCUT2D eigenvalue weighted by Crippen LogP contribution is -2.50. The van der Waals surface area contributed by atoms with E-state index in [0.717, 1.165) is 61.7 Å². The van der Waals surface area contributed by atoms with Gasteiger partial charge in [-0.15, -0.1) is 20.4 Å². The monoisotopic (exact) mass is 407 g/mol. The Morgan fingerprint density at radius 2 is 2.00 bits per heavy atom. The molecule has 4 heterocycles. The highest BCUT2D eigenvalue weighted by Crippen LogP contribution is 2.25. The SMILES string of the molecule is C[C@@H](Sc1nncs1)C(=O)N1CCN(Cc2nnc3n2CCCCC3)CC1. The lowest BCUT2D eigenvalue weighted by molar-refractivity contribution is -0.132. The highest BCUT2D eigenvalue weighted by atomic mass is 32.2. The van der Waals surface area contributed by atoms with Crippen molar-refractivity contribution in [3.8, 4) is 0 Å². The van der Waals surface area contributed by atoms with Crippen molar-refractivity contribution in [3.63, 3.8) is 0 Å². The molecule has 2 aliphatic rings. The van der Waals surface area contributed by atoms with E-state index in [1.165, 1.54) is 42.4 Å². The molecule has 2 aromatic rings. The number of hydrogen-bond acceptors (Lipinski definition) is 8. The Balaban J connectivity index is 1.29. The topological polar surface area (TPSA) is 80.0 Å². The molecule has 0 unspecified atom stereocenters. The predicted molar refractivity (Wildman–Crippen MR) is 105 cm³/mol. The summed E-state index contributed by atoms with van der Waals surface area (Å²) in [7, 11) is 0. The second-order valence-electron chi connectivity index (χ2n) is 7.06. The molecule has 0 aliphatic carbocycles. The van der Waals surface area contributed by atoms with Crippen molar-refractivity contribution in [1.82, 2.24) is 34.8 Å². The number of piperazine rings is 1. The van der Waals surface area contributed by atoms with Crippen molar-refractivity contribution < 1.29 is 4.79 Å². The van der Waals surface area contributed by atoms with Gasteiger partial charge in [-0.3, -0.25) is 9.69 Å². The Morgan fingerprint density at radius 1 is 1.15 bits per heavy atom. The minimum absolute atomic E-state index is 0.128. The number of aromatic nitrogens is 5. The van der Waals surface area contributed by atoms with E-state index in [4.69, 9.17) is 0 Å². The van der Waals surface area contributed by atoms with Crippen LogP contribution in [0.4, 0.5) is 0 Å². The van der Waals surface area contributed by atoms with E-state index in [1.54, 1.807) is 5.51 Å². The maximum absolute atomic E-state index is 12.7. The molecule has 0 bridgehead atoms. The molecule has 1 saturated heterocycles. The number of fused-ring (bicyclic) bond motifs is 1. The minimum Gasteiger partial charge on any atom is -0.339 e. The molecule has 0 saturated carbocycles. The van der Waals surface area contributed by atoms with E-state index in [-0.39, 0.29) is 11.2 Å². The molecule has 146 valence electrons. The van der Waals surface area contributed by atoms with Crippen LogP contribution in [0.15, 0.2) is 9.85 Å². The van der Waals surface area contributed by atoms with Gasteiger partial charge in [0.05, 0.1) is 11.8 Å². The summed E-state index contributed by atoms with van der Waals surface area (Å²) in [5.41, 5.74) is 1.70. The standard InChI is InChI=1S/C17H25N7OS2/c1-13(27-17-21-18-12-26-17)16(25)23-9-7-22(8-10-23)11-15-20-19-14-5-3-2-4-6-24(14)15/h12-13H,2-11H2,1H3/t13-/m1/s1. The Labute approximate surface area is 167 Å². The van der Waals surface area contributed by atoms with Crippen LogP contribution in [-0.2, 0) is 24.3 Å². The van der Waals surface area contributed by atoms with E-state index in [2.05, 4.69) is 29.9 Å². The van der Waals surface area contributed by atoms with Crippen LogP contribution in [0.1, 0.15) is 37.8 Å². The van der Waals surface area contributed by atoms with Crippen LogP contribution in [0, 0.1) is 0 Å². The summed E-state index contributed by atoms with van der Waals surface area (Å²) in [5.74, 6) is 2.40. The molecule has 27 heavy (non-hydrogen) atoms. The van der Waals surface area contributed by atoms with Gasteiger partial charge in [-0.1, -0.05) is 29.5 Å². The third-order valence-electron chi connectivity index (χ3n) is 5.20. The fraction of sp³-hybridized carbons (Fsp3) is 0.706. The first-order valence-electron chi connectivity index (χ1n) is 9.55. The van der Waals surface area contributed by atoms with Gasteiger partial charge in [-0.2, -0.15) is 0 Å². The van der Waals surface area contributed by atoms with Gasteiger partial charge in [0.2, 0.25) is 5.91 Å². The van der Waals surface area contributed by atoms with Crippen molar-refractivity contribution >= 4 is 29.0 Å². The molecule has 1 amide bonds. The summed E-state index contributed by atoms with van der Waals surface area (Å²) in [6, 6.07) is 0. The van der Waals surface area contributed by atoms with Gasteiger partial charge < -0.3 is 9.47 Å². The number of rotatable bonds is 5. The Hall–Kier alpha value is -1.52. The van der Waals surface area contributed by atoms with Crippen LogP contribution in [0.3, 0.4) is 0 Å². The molecule has 0 aromatic carbocycles. The molecule has 1 atom stereocenters. The second kappa shape index (κ2) is 8.66. The average molecular weight is 408 g/mol. The van der Waals surface area contributed by atoms with E-state index < -0.39 is 0 Å². The number of nitrogens with zero attached hydrogens (tertiary/aromatic N) is 7. The van der Waals surface area contributed by atoms with Gasteiger partial charge in [0.15, 0.2) is 4.34 Å². The number of aryl methyl sites for hydroxylation is 1. The van der Waals surface area contributed by atoms with Crippen LogP contribution in [0.2, 0.25) is 0 Å². The van der Waals surface area contributed by atoms with E-state index in [1.807, 2.05) is 11.8 Å². The smallest absolute Gasteiger partial charge is 0.235 e. The lowest BCUT2D eigenvalue weighted by atomic mass is 10.2. The highest BCUT2D eigenvalue weighted by molar-refractivity contribution is 8.02. The zero-order valence-electron chi connectivity index (χ0n) is 15.6. The van der Waals surface area contributed by atoms with Crippen molar-refractivity contribution in [3.05, 3.63) is 17.2 Å². The fourth-order valence-electron chi connectivity index (χ4n) is 3.66. The van der Waals surface area contributed by atoms with Crippen LogP contribution >= 0.6 is 23.1 Å². The van der Waals surface area contributed by atoms with Crippen LogP contribution < -0.4 is 0 Å². The summed E-state index contributed by atoms with van der Waals surface area (Å²) in [4.78, 5) is 17.0. The first-order chi connectivity index (χ1) is 13.2. The van der Waals surface area contributed by atoms with Gasteiger partial charge in [-0.05, 0) is 19.8 Å². The molecule has 0 spiro atoms. The molecule has 10 heteroatoms. The molecule has 2 aromatic heterocycles. The zero-order chi connectivity index (χ0) is 18.6. The average Bonchev–Trinajstić information content (AvgIpc) is 3.26. The third kappa shape index (κ3) is 4.49. The van der Waals surface area contributed by atoms with Gasteiger partial charge in [-0.25, -0.2) is 0 Å². The Kier molecular flexibility index (Phi) is 6.04. The number of carbonyl (C=O) groups excluding carboxylic acids is 1. The lowest BCUT2D eigenvalue weighted by Gasteiger charge is -2.35. The summed E-state index contributed by atoms with van der Waals surface area (Å²) >= 11 is 2.97. The molecule has 0 N–H and O–H groups in total. The Morgan fingerprint density at radius 3 is 2.78 bits per heavy atom. The summed E-state index contributed by atoms with van der Waals surface area (Å²) in [6.07, 6.45) is 4.74. The quantitative estimate of drug-likeness (QED) is 0.698. The summed E-state index contributed by atoms with van der Waals surface area (Å²) < 4.78 is 3.16. The van der Waals surface area contributed by atoms with Crippen molar-refractivity contribution in [2.75, 3.05) is 26.2 Å². The van der Waals surface area contributed by atoms with Crippen LogP contribution in [0.25, 0.3) is 0 Å². The molecule has 0 radical (unpaired) electrons. The molecular formula is C17H25N7OS2. The van der Waals surface area contributed by atoms with Crippen LogP contribution in [-0.4, -0.2) is 72.1 Å².